The number of ether oxygens (including phenoxy) is 2. The Morgan fingerprint density at radius 2 is 1.67 bits per heavy atom. The van der Waals surface area contributed by atoms with Crippen molar-refractivity contribution in [1.82, 2.24) is 0 Å². The normalized spacial score (nSPS) is 12.4. The fourth-order valence-electron chi connectivity index (χ4n) is 2.39. The van der Waals surface area contributed by atoms with Crippen molar-refractivity contribution in [3.63, 3.8) is 0 Å². The fourth-order valence-corrected chi connectivity index (χ4v) is 2.39. The van der Waals surface area contributed by atoms with Gasteiger partial charge in [0.25, 0.3) is 0 Å². The molecular formula is C20H25NO3. The van der Waals surface area contributed by atoms with E-state index in [0.717, 1.165) is 22.6 Å². The van der Waals surface area contributed by atoms with E-state index in [9.17, 15) is 4.79 Å². The lowest BCUT2D eigenvalue weighted by Gasteiger charge is -2.26. The average molecular weight is 327 g/mol. The molecule has 0 aromatic heterocycles. The van der Waals surface area contributed by atoms with Crippen molar-refractivity contribution in [1.29, 1.82) is 0 Å². The average Bonchev–Trinajstić information content (AvgIpc) is 2.52. The van der Waals surface area contributed by atoms with Crippen LogP contribution in [0, 0.1) is 6.92 Å². The second-order valence-electron chi connectivity index (χ2n) is 6.70. The van der Waals surface area contributed by atoms with Crippen molar-refractivity contribution in [2.75, 3.05) is 12.4 Å². The molecule has 0 heterocycles. The van der Waals surface area contributed by atoms with Gasteiger partial charge in [0.1, 0.15) is 11.4 Å². The highest BCUT2D eigenvalue weighted by Crippen LogP contribution is 2.26. The molecule has 0 saturated heterocycles. The summed E-state index contributed by atoms with van der Waals surface area (Å²) in [6, 6.07) is 14.7. The molecule has 0 bridgehead atoms. The molecule has 24 heavy (non-hydrogen) atoms. The molecule has 0 fully saturated rings. The summed E-state index contributed by atoms with van der Waals surface area (Å²) in [5.74, 6) is 0.470. The Hall–Kier alpha value is -2.49. The molecule has 0 saturated carbocycles. The Bertz CT molecular complexity index is 687. The predicted molar refractivity (Wildman–Crippen MR) is 96.4 cm³/mol. The van der Waals surface area contributed by atoms with Crippen LogP contribution in [0.25, 0.3) is 0 Å². The third-order valence-electron chi connectivity index (χ3n) is 3.54. The molecule has 0 spiro atoms. The van der Waals surface area contributed by atoms with Crippen LogP contribution in [0.1, 0.15) is 37.9 Å². The lowest BCUT2D eigenvalue weighted by atomic mass is 10.0. The van der Waals surface area contributed by atoms with Gasteiger partial charge in [-0.15, -0.1) is 0 Å². The van der Waals surface area contributed by atoms with Crippen molar-refractivity contribution in [2.24, 2.45) is 0 Å². The summed E-state index contributed by atoms with van der Waals surface area (Å²) < 4.78 is 10.8. The van der Waals surface area contributed by atoms with Gasteiger partial charge >= 0.3 is 5.97 Å². The molecule has 2 rings (SSSR count). The Balaban J connectivity index is 2.31. The lowest BCUT2D eigenvalue weighted by molar-refractivity contribution is -0.156. The number of nitrogens with one attached hydrogen (secondary N) is 1. The third kappa shape index (κ3) is 4.75. The first-order chi connectivity index (χ1) is 11.3. The molecule has 1 atom stereocenters. The van der Waals surface area contributed by atoms with Crippen LogP contribution in [0.5, 0.6) is 5.75 Å². The van der Waals surface area contributed by atoms with Crippen molar-refractivity contribution < 1.29 is 14.3 Å². The molecule has 0 radical (unpaired) electrons. The Labute approximate surface area is 143 Å². The molecule has 1 N–H and O–H groups in total. The highest BCUT2D eigenvalue weighted by atomic mass is 16.6. The van der Waals surface area contributed by atoms with Gasteiger partial charge < -0.3 is 14.8 Å². The first-order valence-electron chi connectivity index (χ1n) is 7.99. The van der Waals surface area contributed by atoms with Gasteiger partial charge in [0.2, 0.25) is 0 Å². The SMILES string of the molecule is COc1ccc(N[C@H](C(=O)OC(C)(C)C)c2ccccc2C)cc1. The van der Waals surface area contributed by atoms with E-state index >= 15 is 0 Å². The maximum atomic E-state index is 12.7. The monoisotopic (exact) mass is 327 g/mol. The largest absolute Gasteiger partial charge is 0.497 e. The summed E-state index contributed by atoms with van der Waals surface area (Å²) in [6.45, 7) is 7.59. The zero-order valence-corrected chi connectivity index (χ0v) is 14.9. The number of esters is 1. The molecule has 4 nitrogen and oxygen atoms in total. The van der Waals surface area contributed by atoms with Gasteiger partial charge in [-0.1, -0.05) is 24.3 Å². The molecule has 0 aliphatic rings. The number of carbonyl (C=O) groups excluding carboxylic acids is 1. The van der Waals surface area contributed by atoms with Gasteiger partial charge in [-0.05, 0) is 63.1 Å². The van der Waals surface area contributed by atoms with Crippen LogP contribution in [-0.4, -0.2) is 18.7 Å². The minimum atomic E-state index is -0.571. The van der Waals surface area contributed by atoms with Gasteiger partial charge in [0, 0.05) is 5.69 Å². The lowest BCUT2D eigenvalue weighted by Crippen LogP contribution is -2.31. The molecule has 2 aromatic rings. The Kier molecular flexibility index (Phi) is 5.50. The number of aryl methyl sites for hydroxylation is 1. The van der Waals surface area contributed by atoms with E-state index < -0.39 is 11.6 Å². The number of carbonyl (C=O) groups is 1. The molecule has 2 aromatic carbocycles. The number of benzene rings is 2. The van der Waals surface area contributed by atoms with Crippen LogP contribution >= 0.6 is 0 Å². The first-order valence-corrected chi connectivity index (χ1v) is 7.99. The summed E-state index contributed by atoms with van der Waals surface area (Å²) in [5.41, 5.74) is 2.23. The van der Waals surface area contributed by atoms with Crippen molar-refractivity contribution >= 4 is 11.7 Å². The molecule has 4 heteroatoms. The highest BCUT2D eigenvalue weighted by Gasteiger charge is 2.27. The van der Waals surface area contributed by atoms with E-state index in [2.05, 4.69) is 5.32 Å². The molecule has 0 aliphatic carbocycles. The number of anilines is 1. The van der Waals surface area contributed by atoms with Crippen LogP contribution in [0.15, 0.2) is 48.5 Å². The van der Waals surface area contributed by atoms with Crippen LogP contribution in [0.2, 0.25) is 0 Å². The minimum Gasteiger partial charge on any atom is -0.497 e. The van der Waals surface area contributed by atoms with Crippen molar-refractivity contribution in [2.45, 2.75) is 39.3 Å². The summed E-state index contributed by atoms with van der Waals surface area (Å²) in [4.78, 5) is 12.7. The van der Waals surface area contributed by atoms with Crippen LogP contribution in [0.3, 0.4) is 0 Å². The maximum absolute atomic E-state index is 12.7. The highest BCUT2D eigenvalue weighted by molar-refractivity contribution is 5.82. The topological polar surface area (TPSA) is 47.6 Å². The standard InChI is InChI=1S/C20H25NO3/c1-14-8-6-7-9-17(14)18(19(22)24-20(2,3)4)21-15-10-12-16(23-5)13-11-15/h6-13,18,21H,1-5H3/t18-/m0/s1. The number of methoxy groups -OCH3 is 1. The zero-order chi connectivity index (χ0) is 17.7. The van der Waals surface area contributed by atoms with Crippen LogP contribution in [0.4, 0.5) is 5.69 Å². The van der Waals surface area contributed by atoms with E-state index in [1.165, 1.54) is 0 Å². The molecular weight excluding hydrogens is 302 g/mol. The van der Waals surface area contributed by atoms with Gasteiger partial charge in [0.15, 0.2) is 6.04 Å². The third-order valence-corrected chi connectivity index (χ3v) is 3.54. The molecule has 0 amide bonds. The smallest absolute Gasteiger partial charge is 0.333 e. The minimum absolute atomic E-state index is 0.299. The van der Waals surface area contributed by atoms with E-state index in [-0.39, 0.29) is 5.97 Å². The number of rotatable bonds is 5. The van der Waals surface area contributed by atoms with E-state index in [1.54, 1.807) is 7.11 Å². The molecule has 0 aliphatic heterocycles. The Morgan fingerprint density at radius 3 is 2.21 bits per heavy atom. The van der Waals surface area contributed by atoms with E-state index in [4.69, 9.17) is 9.47 Å². The zero-order valence-electron chi connectivity index (χ0n) is 14.9. The summed E-state index contributed by atoms with van der Waals surface area (Å²) >= 11 is 0. The van der Waals surface area contributed by atoms with Crippen LogP contribution in [-0.2, 0) is 9.53 Å². The molecule has 0 unspecified atom stereocenters. The summed E-state index contributed by atoms with van der Waals surface area (Å²) in [5, 5.41) is 3.28. The molecule has 128 valence electrons. The number of hydrogen-bond donors (Lipinski definition) is 1. The second-order valence-corrected chi connectivity index (χ2v) is 6.70. The van der Waals surface area contributed by atoms with Gasteiger partial charge in [0.05, 0.1) is 7.11 Å². The van der Waals surface area contributed by atoms with Gasteiger partial charge in [-0.2, -0.15) is 0 Å². The van der Waals surface area contributed by atoms with Crippen molar-refractivity contribution in [3.05, 3.63) is 59.7 Å². The maximum Gasteiger partial charge on any atom is 0.333 e. The second kappa shape index (κ2) is 7.39. The van der Waals surface area contributed by atoms with Crippen molar-refractivity contribution in [3.8, 4) is 5.75 Å². The number of hydrogen-bond acceptors (Lipinski definition) is 4. The Morgan fingerprint density at radius 1 is 1.04 bits per heavy atom. The van der Waals surface area contributed by atoms with Gasteiger partial charge in [-0.25, -0.2) is 4.79 Å². The van der Waals surface area contributed by atoms with E-state index in [1.807, 2.05) is 76.2 Å². The quantitative estimate of drug-likeness (QED) is 0.822. The summed E-state index contributed by atoms with van der Waals surface area (Å²) in [6.07, 6.45) is 0. The van der Waals surface area contributed by atoms with Crippen LogP contribution < -0.4 is 10.1 Å². The van der Waals surface area contributed by atoms with Gasteiger partial charge in [-0.3, -0.25) is 0 Å². The predicted octanol–water partition coefficient (Wildman–Crippen LogP) is 4.50. The van der Waals surface area contributed by atoms with E-state index in [0.29, 0.717) is 0 Å². The summed E-state index contributed by atoms with van der Waals surface area (Å²) in [7, 11) is 1.62. The first kappa shape index (κ1) is 17.9. The fraction of sp³-hybridized carbons (Fsp3) is 0.350.